The molecule has 0 atom stereocenters. The van der Waals surface area contributed by atoms with Gasteiger partial charge in [-0.25, -0.2) is 9.80 Å². The van der Waals surface area contributed by atoms with Crippen LogP contribution in [0.3, 0.4) is 0 Å². The zero-order valence-corrected chi connectivity index (χ0v) is 18.2. The second kappa shape index (κ2) is 8.25. The van der Waals surface area contributed by atoms with Crippen molar-refractivity contribution in [3.63, 3.8) is 0 Å². The minimum absolute atomic E-state index is 0.00772. The number of hydrazine groups is 1. The molecule has 3 rings (SSSR count). The van der Waals surface area contributed by atoms with Crippen molar-refractivity contribution in [3.8, 4) is 0 Å². The number of rotatable bonds is 5. The van der Waals surface area contributed by atoms with Gasteiger partial charge in [-0.2, -0.15) is 13.2 Å². The zero-order valence-electron chi connectivity index (χ0n) is 17.4. The smallest absolute Gasteiger partial charge is 0.416 e. The number of hydrogen-bond donors (Lipinski definition) is 3. The first-order chi connectivity index (χ1) is 14.3. The van der Waals surface area contributed by atoms with Crippen molar-refractivity contribution >= 4 is 28.2 Å². The number of hydrogen-bond acceptors (Lipinski definition) is 5. The van der Waals surface area contributed by atoms with Gasteiger partial charge in [-0.15, -0.1) is 11.3 Å². The molecule has 1 aliphatic rings. The molecule has 6 nitrogen and oxygen atoms in total. The van der Waals surface area contributed by atoms with Crippen LogP contribution in [0.2, 0.25) is 0 Å². The highest BCUT2D eigenvalue weighted by molar-refractivity contribution is 7.17. The molecule has 0 unspecified atom stereocenters. The summed E-state index contributed by atoms with van der Waals surface area (Å²) in [6, 6.07) is 2.81. The van der Waals surface area contributed by atoms with Gasteiger partial charge in [0.15, 0.2) is 0 Å². The number of aromatic carboxylic acids is 1. The number of thiophene rings is 1. The quantitative estimate of drug-likeness (QED) is 0.455. The van der Waals surface area contributed by atoms with Gasteiger partial charge in [-0.1, -0.05) is 13.8 Å². The molecule has 1 aromatic heterocycles. The summed E-state index contributed by atoms with van der Waals surface area (Å²) in [5.74, 6) is 3.79. The second-order valence-corrected chi connectivity index (χ2v) is 9.70. The highest BCUT2D eigenvalue weighted by Crippen LogP contribution is 2.44. The first-order valence-electron chi connectivity index (χ1n) is 9.63. The Morgan fingerprint density at radius 1 is 1.32 bits per heavy atom. The summed E-state index contributed by atoms with van der Waals surface area (Å²) >= 11 is 1.21. The van der Waals surface area contributed by atoms with E-state index in [9.17, 15) is 27.9 Å². The number of anilines is 1. The van der Waals surface area contributed by atoms with Crippen LogP contribution in [0, 0.1) is 5.41 Å². The van der Waals surface area contributed by atoms with Crippen molar-refractivity contribution in [2.45, 2.75) is 45.8 Å². The lowest BCUT2D eigenvalue weighted by Crippen LogP contribution is -2.27. The molecule has 0 fully saturated rings. The van der Waals surface area contributed by atoms with E-state index in [0.29, 0.717) is 12.8 Å². The Morgan fingerprint density at radius 2 is 2.00 bits per heavy atom. The van der Waals surface area contributed by atoms with Crippen LogP contribution in [0.15, 0.2) is 18.2 Å². The molecule has 2 aromatic rings. The van der Waals surface area contributed by atoms with Crippen molar-refractivity contribution in [1.82, 2.24) is 5.01 Å². The van der Waals surface area contributed by atoms with Gasteiger partial charge in [0.25, 0.3) is 5.91 Å². The van der Waals surface area contributed by atoms with Gasteiger partial charge in [0, 0.05) is 24.0 Å². The molecule has 0 radical (unpaired) electrons. The third-order valence-corrected chi connectivity index (χ3v) is 6.52. The largest absolute Gasteiger partial charge is 0.478 e. The van der Waals surface area contributed by atoms with E-state index < -0.39 is 23.6 Å². The third kappa shape index (κ3) is 5.08. The van der Waals surface area contributed by atoms with Crippen molar-refractivity contribution in [2.75, 3.05) is 12.4 Å². The van der Waals surface area contributed by atoms with E-state index in [1.165, 1.54) is 23.4 Å². The number of carboxylic acid groups (broad SMARTS) is 1. The fourth-order valence-corrected chi connectivity index (χ4v) is 5.00. The fraction of sp³-hybridized carbons (Fsp3) is 0.429. The van der Waals surface area contributed by atoms with Gasteiger partial charge in [0.1, 0.15) is 5.00 Å². The van der Waals surface area contributed by atoms with Gasteiger partial charge in [-0.3, -0.25) is 10.6 Å². The number of carbonyl (C=O) groups excluding carboxylic acids is 1. The predicted molar refractivity (Wildman–Crippen MR) is 112 cm³/mol. The minimum Gasteiger partial charge on any atom is -0.478 e. The summed E-state index contributed by atoms with van der Waals surface area (Å²) in [6.07, 6.45) is -2.36. The Morgan fingerprint density at radius 3 is 2.58 bits per heavy atom. The van der Waals surface area contributed by atoms with E-state index in [1.54, 1.807) is 0 Å². The molecule has 0 bridgehead atoms. The van der Waals surface area contributed by atoms with Gasteiger partial charge in [-0.05, 0) is 54.0 Å². The SMILES string of the molecule is CN(N)Cc1cc(C(F)(F)F)ccc1C(=O)Nc1sc2c(c1C(=O)O)CC(C)(C)CC2. The maximum atomic E-state index is 13.1. The summed E-state index contributed by atoms with van der Waals surface area (Å²) in [7, 11) is 1.47. The molecule has 0 aliphatic heterocycles. The van der Waals surface area contributed by atoms with Crippen molar-refractivity contribution in [1.29, 1.82) is 0 Å². The van der Waals surface area contributed by atoms with Crippen molar-refractivity contribution in [2.24, 2.45) is 11.3 Å². The molecule has 31 heavy (non-hydrogen) atoms. The summed E-state index contributed by atoms with van der Waals surface area (Å²) in [5, 5.41) is 13.8. The number of aryl methyl sites for hydroxylation is 1. The molecule has 0 saturated carbocycles. The highest BCUT2D eigenvalue weighted by atomic mass is 32.1. The summed E-state index contributed by atoms with van der Waals surface area (Å²) < 4.78 is 39.3. The van der Waals surface area contributed by atoms with E-state index in [0.717, 1.165) is 35.1 Å². The Kier molecular flexibility index (Phi) is 6.18. The molecule has 0 saturated heterocycles. The molecule has 1 aromatic carbocycles. The van der Waals surface area contributed by atoms with Crippen LogP contribution in [0.25, 0.3) is 0 Å². The lowest BCUT2D eigenvalue weighted by molar-refractivity contribution is -0.137. The van der Waals surface area contributed by atoms with Crippen LogP contribution in [0.4, 0.5) is 18.2 Å². The highest BCUT2D eigenvalue weighted by Gasteiger charge is 2.34. The van der Waals surface area contributed by atoms with Crippen LogP contribution >= 0.6 is 11.3 Å². The molecule has 10 heteroatoms. The number of carboxylic acids is 1. The topological polar surface area (TPSA) is 95.7 Å². The van der Waals surface area contributed by atoms with Crippen molar-refractivity contribution in [3.05, 3.63) is 50.9 Å². The molecule has 168 valence electrons. The number of carbonyl (C=O) groups is 2. The lowest BCUT2D eigenvalue weighted by atomic mass is 9.76. The molecule has 1 heterocycles. The minimum atomic E-state index is -4.56. The number of amides is 1. The number of nitrogens with zero attached hydrogens (tertiary/aromatic N) is 1. The predicted octanol–water partition coefficient (Wildman–Crippen LogP) is 4.54. The summed E-state index contributed by atoms with van der Waals surface area (Å²) in [4.78, 5) is 25.8. The number of nitrogens with one attached hydrogen (secondary N) is 1. The van der Waals surface area contributed by atoms with Gasteiger partial charge >= 0.3 is 12.1 Å². The van der Waals surface area contributed by atoms with Crippen LogP contribution in [-0.4, -0.2) is 29.0 Å². The monoisotopic (exact) mass is 455 g/mol. The number of benzene rings is 1. The molecule has 4 N–H and O–H groups in total. The Labute approximate surface area is 181 Å². The third-order valence-electron chi connectivity index (χ3n) is 5.31. The second-order valence-electron chi connectivity index (χ2n) is 8.59. The van der Waals surface area contributed by atoms with Gasteiger partial charge in [0.2, 0.25) is 0 Å². The Hall–Kier alpha value is -2.43. The van der Waals surface area contributed by atoms with Gasteiger partial charge in [0.05, 0.1) is 11.1 Å². The molecular weight excluding hydrogens is 431 g/mol. The van der Waals surface area contributed by atoms with E-state index in [2.05, 4.69) is 19.2 Å². The molecule has 1 amide bonds. The first kappa shape index (κ1) is 23.2. The van der Waals surface area contributed by atoms with Gasteiger partial charge < -0.3 is 10.4 Å². The standard InChI is InChI=1S/C21H24F3N3O3S/c1-20(2)7-6-15-14(9-20)16(19(29)30)18(31-15)26-17(28)13-5-4-12(21(22,23)24)8-11(13)10-27(3)25/h4-5,8H,6-7,9-10,25H2,1-3H3,(H,26,28)(H,29,30). The van der Waals surface area contributed by atoms with Crippen LogP contribution < -0.4 is 11.2 Å². The van der Waals surface area contributed by atoms with E-state index >= 15 is 0 Å². The van der Waals surface area contributed by atoms with E-state index in [-0.39, 0.29) is 33.7 Å². The summed E-state index contributed by atoms with van der Waals surface area (Å²) in [5.41, 5.74) is -0.0545. The maximum Gasteiger partial charge on any atom is 0.416 e. The van der Waals surface area contributed by atoms with Crippen LogP contribution in [0.1, 0.15) is 62.6 Å². The molecular formula is C21H24F3N3O3S. The average molecular weight is 456 g/mol. The maximum absolute atomic E-state index is 13.1. The van der Waals surface area contributed by atoms with E-state index in [1.807, 2.05) is 0 Å². The molecule has 1 aliphatic carbocycles. The summed E-state index contributed by atoms with van der Waals surface area (Å²) in [6.45, 7) is 4.04. The lowest BCUT2D eigenvalue weighted by Gasteiger charge is -2.29. The Balaban J connectivity index is 1.98. The first-order valence-corrected chi connectivity index (χ1v) is 10.5. The Bertz CT molecular complexity index is 1030. The van der Waals surface area contributed by atoms with Crippen LogP contribution in [-0.2, 0) is 25.6 Å². The number of halogens is 3. The van der Waals surface area contributed by atoms with Crippen LogP contribution in [0.5, 0.6) is 0 Å². The number of fused-ring (bicyclic) bond motifs is 1. The van der Waals surface area contributed by atoms with Crippen molar-refractivity contribution < 1.29 is 27.9 Å². The number of nitrogens with two attached hydrogens (primary N) is 1. The van der Waals surface area contributed by atoms with E-state index in [4.69, 9.17) is 5.84 Å². The zero-order chi connectivity index (χ0) is 23.1. The average Bonchev–Trinajstić information content (AvgIpc) is 2.96. The normalized spacial score (nSPS) is 15.6. The fourth-order valence-electron chi connectivity index (χ4n) is 3.80. The molecule has 0 spiro atoms. The number of alkyl halides is 3.